The molecule has 30 heavy (non-hydrogen) atoms. The third-order valence-electron chi connectivity index (χ3n) is 5.27. The molecule has 1 fully saturated rings. The van der Waals surface area contributed by atoms with E-state index in [-0.39, 0.29) is 11.8 Å². The molecule has 1 aliphatic rings. The van der Waals surface area contributed by atoms with Crippen LogP contribution in [0.5, 0.6) is 5.75 Å². The van der Waals surface area contributed by atoms with Crippen molar-refractivity contribution in [2.24, 2.45) is 5.92 Å². The van der Waals surface area contributed by atoms with Gasteiger partial charge in [0.2, 0.25) is 17.6 Å². The number of carbonyl (C=O) groups excluding carboxylic acids is 1. The lowest BCUT2D eigenvalue weighted by molar-refractivity contribution is -0.121. The van der Waals surface area contributed by atoms with E-state index in [1.807, 2.05) is 48.5 Å². The molecule has 3 aromatic rings. The van der Waals surface area contributed by atoms with Crippen LogP contribution in [0.2, 0.25) is 0 Å². The number of para-hydroxylation sites is 1. The highest BCUT2D eigenvalue weighted by Crippen LogP contribution is 2.25. The normalized spacial score (nSPS) is 15.1. The Morgan fingerprint density at radius 2 is 1.93 bits per heavy atom. The first kappa shape index (κ1) is 20.6. The zero-order valence-corrected chi connectivity index (χ0v) is 18.3. The first-order chi connectivity index (χ1) is 14.6. The number of nitrogens with one attached hydrogen (secondary N) is 1. The van der Waals surface area contributed by atoms with Crippen molar-refractivity contribution in [3.8, 4) is 17.1 Å². The number of nitrogens with zero attached hydrogens (tertiary/aromatic N) is 3. The van der Waals surface area contributed by atoms with E-state index in [1.165, 1.54) is 0 Å². The smallest absolute Gasteiger partial charge is 0.241 e. The Hall–Kier alpha value is -2.71. The fraction of sp³-hybridized carbons (Fsp3) is 0.318. The van der Waals surface area contributed by atoms with E-state index in [1.54, 1.807) is 7.11 Å². The van der Waals surface area contributed by atoms with Gasteiger partial charge in [-0.15, -0.1) is 0 Å². The van der Waals surface area contributed by atoms with E-state index in [4.69, 9.17) is 9.26 Å². The largest absolute Gasteiger partial charge is 0.497 e. The molecule has 1 saturated heterocycles. The van der Waals surface area contributed by atoms with Gasteiger partial charge >= 0.3 is 0 Å². The highest BCUT2D eigenvalue weighted by Gasteiger charge is 2.26. The SMILES string of the molecule is COc1ccc(-c2noc(CN3CCC(C(=O)Nc4ccccc4Br)CC3)n2)cc1. The van der Waals surface area contributed by atoms with Gasteiger partial charge < -0.3 is 14.6 Å². The van der Waals surface area contributed by atoms with E-state index in [0.717, 1.165) is 47.4 Å². The van der Waals surface area contributed by atoms with Gasteiger partial charge in [-0.1, -0.05) is 17.3 Å². The minimum atomic E-state index is 0.00546. The second-order valence-electron chi connectivity index (χ2n) is 7.26. The maximum atomic E-state index is 12.6. The molecule has 4 rings (SSSR count). The summed E-state index contributed by atoms with van der Waals surface area (Å²) in [7, 11) is 1.63. The molecule has 1 aliphatic heterocycles. The Balaban J connectivity index is 1.29. The van der Waals surface area contributed by atoms with Crippen molar-refractivity contribution < 1.29 is 14.1 Å². The predicted molar refractivity (Wildman–Crippen MR) is 117 cm³/mol. The van der Waals surface area contributed by atoms with Crippen LogP contribution in [0.15, 0.2) is 57.5 Å². The fourth-order valence-corrected chi connectivity index (χ4v) is 3.90. The van der Waals surface area contributed by atoms with Crippen LogP contribution in [0.3, 0.4) is 0 Å². The lowest BCUT2D eigenvalue weighted by Gasteiger charge is -2.30. The molecular weight excluding hydrogens is 448 g/mol. The van der Waals surface area contributed by atoms with Gasteiger partial charge in [0.15, 0.2) is 0 Å². The fourth-order valence-electron chi connectivity index (χ4n) is 3.52. The van der Waals surface area contributed by atoms with Gasteiger partial charge in [-0.3, -0.25) is 9.69 Å². The minimum absolute atomic E-state index is 0.00546. The van der Waals surface area contributed by atoms with Crippen molar-refractivity contribution in [1.29, 1.82) is 0 Å². The van der Waals surface area contributed by atoms with Gasteiger partial charge in [0.05, 0.1) is 19.3 Å². The lowest BCUT2D eigenvalue weighted by atomic mass is 9.96. The summed E-state index contributed by atoms with van der Waals surface area (Å²) >= 11 is 3.47. The molecule has 2 heterocycles. The van der Waals surface area contributed by atoms with Crippen molar-refractivity contribution in [3.05, 3.63) is 58.9 Å². The van der Waals surface area contributed by atoms with Crippen LogP contribution in [0.4, 0.5) is 5.69 Å². The number of benzene rings is 2. The molecule has 0 aliphatic carbocycles. The predicted octanol–water partition coefficient (Wildman–Crippen LogP) is 4.36. The molecule has 0 spiro atoms. The number of amides is 1. The average Bonchev–Trinajstić information content (AvgIpc) is 3.24. The number of carbonyl (C=O) groups is 1. The van der Waals surface area contributed by atoms with Crippen molar-refractivity contribution in [3.63, 3.8) is 0 Å². The molecule has 0 radical (unpaired) electrons. The van der Waals surface area contributed by atoms with E-state index in [2.05, 4.69) is 36.3 Å². The first-order valence-electron chi connectivity index (χ1n) is 9.87. The zero-order valence-electron chi connectivity index (χ0n) is 16.7. The van der Waals surface area contributed by atoms with Crippen LogP contribution in [0.25, 0.3) is 11.4 Å². The number of rotatable bonds is 6. The number of ether oxygens (including phenoxy) is 1. The maximum Gasteiger partial charge on any atom is 0.241 e. The molecule has 1 amide bonds. The van der Waals surface area contributed by atoms with Crippen LogP contribution in [0, 0.1) is 5.92 Å². The quantitative estimate of drug-likeness (QED) is 0.576. The van der Waals surface area contributed by atoms with Gasteiger partial charge in [-0.25, -0.2) is 0 Å². The number of likely N-dealkylation sites (tertiary alicyclic amines) is 1. The second-order valence-corrected chi connectivity index (χ2v) is 8.11. The maximum absolute atomic E-state index is 12.6. The highest BCUT2D eigenvalue weighted by molar-refractivity contribution is 9.10. The summed E-state index contributed by atoms with van der Waals surface area (Å²) in [6.45, 7) is 2.21. The van der Waals surface area contributed by atoms with Crippen LogP contribution < -0.4 is 10.1 Å². The van der Waals surface area contributed by atoms with Crippen LogP contribution in [-0.4, -0.2) is 41.1 Å². The number of anilines is 1. The molecule has 0 atom stereocenters. The van der Waals surface area contributed by atoms with Crippen LogP contribution in [-0.2, 0) is 11.3 Å². The number of halogens is 1. The first-order valence-corrected chi connectivity index (χ1v) is 10.7. The topological polar surface area (TPSA) is 80.5 Å². The lowest BCUT2D eigenvalue weighted by Crippen LogP contribution is -2.37. The van der Waals surface area contributed by atoms with Gasteiger partial charge in [0.1, 0.15) is 5.75 Å². The summed E-state index contributed by atoms with van der Waals surface area (Å²) in [5, 5.41) is 7.10. The van der Waals surface area contributed by atoms with Crippen LogP contribution in [0.1, 0.15) is 18.7 Å². The molecule has 7 nitrogen and oxygen atoms in total. The molecule has 8 heteroatoms. The standard InChI is InChI=1S/C22H23BrN4O3/c1-29-17-8-6-15(7-9-17)21-25-20(30-26-21)14-27-12-10-16(11-13-27)22(28)24-19-5-3-2-4-18(19)23/h2-9,16H,10-14H2,1H3,(H,24,28). The number of aromatic nitrogens is 2. The van der Waals surface area contributed by atoms with E-state index < -0.39 is 0 Å². The molecule has 0 unspecified atom stereocenters. The molecule has 1 aromatic heterocycles. The monoisotopic (exact) mass is 470 g/mol. The second kappa shape index (κ2) is 9.40. The molecule has 0 saturated carbocycles. The Morgan fingerprint density at radius 3 is 2.63 bits per heavy atom. The number of hydrogen-bond acceptors (Lipinski definition) is 6. The van der Waals surface area contributed by atoms with Gasteiger partial charge in [0.25, 0.3) is 0 Å². The summed E-state index contributed by atoms with van der Waals surface area (Å²) in [5.74, 6) is 2.01. The summed E-state index contributed by atoms with van der Waals surface area (Å²) in [4.78, 5) is 19.3. The molecule has 0 bridgehead atoms. The van der Waals surface area contributed by atoms with E-state index >= 15 is 0 Å². The summed E-state index contributed by atoms with van der Waals surface area (Å²) < 4.78 is 11.5. The average molecular weight is 471 g/mol. The minimum Gasteiger partial charge on any atom is -0.497 e. The highest BCUT2D eigenvalue weighted by atomic mass is 79.9. The number of methoxy groups -OCH3 is 1. The van der Waals surface area contributed by atoms with Crippen molar-refractivity contribution in [2.75, 3.05) is 25.5 Å². The Kier molecular flexibility index (Phi) is 6.44. The summed E-state index contributed by atoms with van der Waals surface area (Å²) in [6.07, 6.45) is 1.60. The number of piperidine rings is 1. The molecular formula is C22H23BrN4O3. The van der Waals surface area contributed by atoms with Gasteiger partial charge in [-0.05, 0) is 78.3 Å². The van der Waals surface area contributed by atoms with E-state index in [9.17, 15) is 4.79 Å². The molecule has 156 valence electrons. The van der Waals surface area contributed by atoms with Crippen LogP contribution >= 0.6 is 15.9 Å². The third-order valence-corrected chi connectivity index (χ3v) is 5.96. The van der Waals surface area contributed by atoms with Gasteiger partial charge in [-0.2, -0.15) is 4.98 Å². The number of hydrogen-bond donors (Lipinski definition) is 1. The zero-order chi connectivity index (χ0) is 20.9. The van der Waals surface area contributed by atoms with Gasteiger partial charge in [0, 0.05) is 16.0 Å². The van der Waals surface area contributed by atoms with Crippen molar-refractivity contribution in [1.82, 2.24) is 15.0 Å². The summed E-state index contributed by atoms with van der Waals surface area (Å²) in [5.41, 5.74) is 1.69. The van der Waals surface area contributed by atoms with Crippen molar-refractivity contribution in [2.45, 2.75) is 19.4 Å². The third kappa shape index (κ3) is 4.88. The summed E-state index contributed by atoms with van der Waals surface area (Å²) in [6, 6.07) is 15.2. The molecule has 1 N–H and O–H groups in total. The Labute approximate surface area is 183 Å². The Bertz CT molecular complexity index is 998. The molecule has 2 aromatic carbocycles. The Morgan fingerprint density at radius 1 is 1.20 bits per heavy atom. The van der Waals surface area contributed by atoms with E-state index in [0.29, 0.717) is 18.3 Å². The van der Waals surface area contributed by atoms with Crippen molar-refractivity contribution >= 4 is 27.5 Å².